The second-order valence-corrected chi connectivity index (χ2v) is 12.8. The van der Waals surface area contributed by atoms with Gasteiger partial charge in [-0.15, -0.1) is 0 Å². The van der Waals surface area contributed by atoms with E-state index in [1.165, 1.54) is 5.57 Å². The monoisotopic (exact) mass is 406 g/mol. The van der Waals surface area contributed by atoms with Crippen LogP contribution in [-0.4, -0.2) is 40.7 Å². The molecule has 6 heteroatoms. The van der Waals surface area contributed by atoms with Gasteiger partial charge in [-0.2, -0.15) is 0 Å². The van der Waals surface area contributed by atoms with Crippen LogP contribution in [0.4, 0.5) is 0 Å². The number of carbonyl (C=O) groups excluding carboxylic acids is 1. The highest BCUT2D eigenvalue weighted by Gasteiger charge is 2.50. The molecular weight excluding hydrogens is 372 g/mol. The number of hydrogen-bond acceptors (Lipinski definition) is 5. The van der Waals surface area contributed by atoms with Gasteiger partial charge in [0.1, 0.15) is 11.2 Å². The van der Waals surface area contributed by atoms with Gasteiger partial charge >= 0.3 is 5.97 Å². The molecule has 156 valence electrons. The molecule has 0 saturated heterocycles. The summed E-state index contributed by atoms with van der Waals surface area (Å²) in [6.07, 6.45) is 3.29. The summed E-state index contributed by atoms with van der Waals surface area (Å²) in [5.74, 6) is 0.583. The molecule has 1 aromatic rings. The highest BCUT2D eigenvalue weighted by atomic mass is 28.4. The van der Waals surface area contributed by atoms with Crippen molar-refractivity contribution in [2.45, 2.75) is 59.0 Å². The molecule has 1 aliphatic carbocycles. The van der Waals surface area contributed by atoms with Gasteiger partial charge in [0.15, 0.2) is 8.32 Å². The van der Waals surface area contributed by atoms with Crippen molar-refractivity contribution in [3.8, 4) is 5.75 Å². The van der Waals surface area contributed by atoms with Crippen LogP contribution in [-0.2, 0) is 25.3 Å². The van der Waals surface area contributed by atoms with E-state index in [2.05, 4.69) is 32.6 Å². The molecule has 0 heterocycles. The van der Waals surface area contributed by atoms with Gasteiger partial charge in [0, 0.05) is 0 Å². The maximum absolute atomic E-state index is 13.0. The maximum atomic E-state index is 13.0. The number of allylic oxidation sites excluding steroid dienone is 1. The molecule has 1 aliphatic rings. The SMILES string of the molecule is CCOC(=O)[C@]1(COCc2ccc(OC)cc2)CCC(C)=C[C@@H]1O[Si](C)(C)C. The van der Waals surface area contributed by atoms with Gasteiger partial charge in [-0.1, -0.05) is 23.8 Å². The zero-order valence-electron chi connectivity index (χ0n) is 18.0. The Morgan fingerprint density at radius 2 is 1.89 bits per heavy atom. The van der Waals surface area contributed by atoms with E-state index >= 15 is 0 Å². The zero-order chi connectivity index (χ0) is 20.8. The highest BCUT2D eigenvalue weighted by molar-refractivity contribution is 6.69. The molecule has 0 unspecified atom stereocenters. The van der Waals surface area contributed by atoms with Crippen LogP contribution >= 0.6 is 0 Å². The van der Waals surface area contributed by atoms with Gasteiger partial charge in [-0.25, -0.2) is 0 Å². The van der Waals surface area contributed by atoms with Gasteiger partial charge in [-0.05, 0) is 64.0 Å². The van der Waals surface area contributed by atoms with E-state index in [4.69, 9.17) is 18.6 Å². The minimum atomic E-state index is -1.87. The Morgan fingerprint density at radius 1 is 1.21 bits per heavy atom. The van der Waals surface area contributed by atoms with Crippen molar-refractivity contribution < 1.29 is 23.4 Å². The Hall–Kier alpha value is -1.63. The molecule has 0 aromatic heterocycles. The number of methoxy groups -OCH3 is 1. The van der Waals surface area contributed by atoms with Crippen molar-refractivity contribution in [3.63, 3.8) is 0 Å². The van der Waals surface area contributed by atoms with E-state index in [1.807, 2.05) is 31.2 Å². The molecule has 0 saturated carbocycles. The van der Waals surface area contributed by atoms with Crippen LogP contribution < -0.4 is 4.74 Å². The fourth-order valence-corrected chi connectivity index (χ4v) is 4.43. The largest absolute Gasteiger partial charge is 0.497 e. The van der Waals surface area contributed by atoms with Gasteiger partial charge in [0.25, 0.3) is 0 Å². The number of rotatable bonds is 9. The fourth-order valence-electron chi connectivity index (χ4n) is 3.37. The quantitative estimate of drug-likeness (QED) is 0.337. The van der Waals surface area contributed by atoms with Crippen molar-refractivity contribution in [2.75, 3.05) is 20.3 Å². The molecule has 1 aromatic carbocycles. The number of hydrogen-bond donors (Lipinski definition) is 0. The third-order valence-corrected chi connectivity index (χ3v) is 5.86. The summed E-state index contributed by atoms with van der Waals surface area (Å²) >= 11 is 0. The lowest BCUT2D eigenvalue weighted by atomic mass is 9.73. The van der Waals surface area contributed by atoms with E-state index in [0.29, 0.717) is 19.6 Å². The van der Waals surface area contributed by atoms with Crippen LogP contribution in [0.1, 0.15) is 32.3 Å². The summed E-state index contributed by atoms with van der Waals surface area (Å²) in [4.78, 5) is 13.0. The Labute approximate surface area is 170 Å². The van der Waals surface area contributed by atoms with Crippen LogP contribution in [0.2, 0.25) is 19.6 Å². The van der Waals surface area contributed by atoms with Gasteiger partial charge in [0.05, 0.1) is 33.0 Å². The summed E-state index contributed by atoms with van der Waals surface area (Å²) in [7, 11) is -0.223. The number of carbonyl (C=O) groups is 1. The minimum Gasteiger partial charge on any atom is -0.497 e. The van der Waals surface area contributed by atoms with E-state index in [-0.39, 0.29) is 18.7 Å². The molecule has 0 fully saturated rings. The van der Waals surface area contributed by atoms with Crippen LogP contribution in [0.25, 0.3) is 0 Å². The molecule has 0 spiro atoms. The van der Waals surface area contributed by atoms with E-state index in [9.17, 15) is 4.79 Å². The van der Waals surface area contributed by atoms with E-state index in [0.717, 1.165) is 17.7 Å². The molecule has 5 nitrogen and oxygen atoms in total. The molecule has 28 heavy (non-hydrogen) atoms. The molecule has 0 aliphatic heterocycles. The highest BCUT2D eigenvalue weighted by Crippen LogP contribution is 2.40. The molecule has 2 rings (SSSR count). The number of esters is 1. The first kappa shape index (κ1) is 22.7. The maximum Gasteiger partial charge on any atom is 0.317 e. The van der Waals surface area contributed by atoms with Crippen molar-refractivity contribution in [1.82, 2.24) is 0 Å². The zero-order valence-corrected chi connectivity index (χ0v) is 19.0. The van der Waals surface area contributed by atoms with E-state index in [1.54, 1.807) is 7.11 Å². The molecular formula is C22H34O5Si. The predicted octanol–water partition coefficient (Wildman–Crippen LogP) is 4.72. The number of ether oxygens (including phenoxy) is 3. The molecule has 2 atom stereocenters. The predicted molar refractivity (Wildman–Crippen MR) is 113 cm³/mol. The second-order valence-electron chi connectivity index (χ2n) is 8.38. The summed E-state index contributed by atoms with van der Waals surface area (Å²) in [6.45, 7) is 11.4. The number of benzene rings is 1. The minimum absolute atomic E-state index is 0.225. The van der Waals surface area contributed by atoms with Crippen LogP contribution in [0, 0.1) is 5.41 Å². The molecule has 0 amide bonds. The summed E-state index contributed by atoms with van der Waals surface area (Å²) in [5.41, 5.74) is 1.48. The van der Waals surface area contributed by atoms with Crippen molar-refractivity contribution in [1.29, 1.82) is 0 Å². The Bertz CT molecular complexity index is 677. The average molecular weight is 407 g/mol. The first-order valence-corrected chi connectivity index (χ1v) is 13.3. The Balaban J connectivity index is 2.19. The van der Waals surface area contributed by atoms with Gasteiger partial charge < -0.3 is 18.6 Å². The third-order valence-electron chi connectivity index (χ3n) is 4.90. The van der Waals surface area contributed by atoms with Crippen molar-refractivity contribution >= 4 is 14.3 Å². The molecule has 0 bridgehead atoms. The Morgan fingerprint density at radius 3 is 2.46 bits per heavy atom. The third kappa shape index (κ3) is 5.93. The van der Waals surface area contributed by atoms with Crippen molar-refractivity contribution in [2.24, 2.45) is 5.41 Å². The lowest BCUT2D eigenvalue weighted by Crippen LogP contribution is -2.52. The lowest BCUT2D eigenvalue weighted by molar-refractivity contribution is -0.168. The van der Waals surface area contributed by atoms with Crippen LogP contribution in [0.3, 0.4) is 0 Å². The normalized spacial score (nSPS) is 22.5. The summed E-state index contributed by atoms with van der Waals surface area (Å²) < 4.78 is 23.1. The molecule has 0 radical (unpaired) electrons. The average Bonchev–Trinajstić information content (AvgIpc) is 2.63. The lowest BCUT2D eigenvalue weighted by Gasteiger charge is -2.42. The first-order chi connectivity index (χ1) is 13.2. The standard InChI is InChI=1S/C22H34O5Si/c1-7-26-21(23)22(13-12-17(2)14-20(22)27-28(4,5)6)16-25-15-18-8-10-19(24-3)11-9-18/h8-11,14,20H,7,12-13,15-16H2,1-6H3/t20-,22-/m0/s1. The topological polar surface area (TPSA) is 54.0 Å². The van der Waals surface area contributed by atoms with E-state index < -0.39 is 13.7 Å². The van der Waals surface area contributed by atoms with Crippen LogP contribution in [0.15, 0.2) is 35.9 Å². The fraction of sp³-hybridized carbons (Fsp3) is 0.591. The summed E-state index contributed by atoms with van der Waals surface area (Å²) in [5, 5.41) is 0. The van der Waals surface area contributed by atoms with Crippen molar-refractivity contribution in [3.05, 3.63) is 41.5 Å². The van der Waals surface area contributed by atoms with Crippen LogP contribution in [0.5, 0.6) is 5.75 Å². The Kier molecular flexibility index (Phi) is 7.86. The van der Waals surface area contributed by atoms with Gasteiger partial charge in [-0.3, -0.25) is 4.79 Å². The van der Waals surface area contributed by atoms with Gasteiger partial charge in [0.2, 0.25) is 0 Å². The molecule has 0 N–H and O–H groups in total. The second kappa shape index (κ2) is 9.72. The smallest absolute Gasteiger partial charge is 0.317 e. The summed E-state index contributed by atoms with van der Waals surface area (Å²) in [6, 6.07) is 7.75. The first-order valence-electron chi connectivity index (χ1n) is 9.93.